The Morgan fingerprint density at radius 1 is 1.29 bits per heavy atom. The van der Waals surface area contributed by atoms with E-state index >= 15 is 0 Å². The van der Waals surface area contributed by atoms with E-state index in [0.29, 0.717) is 25.0 Å². The average Bonchev–Trinajstić information content (AvgIpc) is 3.16. The normalized spacial score (nSPS) is 29.1. The van der Waals surface area contributed by atoms with Gasteiger partial charge in [0, 0.05) is 19.2 Å². The number of benzene rings is 1. The molecular formula is C19H29ClN2O2. The molecule has 5 atom stereocenters. The van der Waals surface area contributed by atoms with Gasteiger partial charge in [0.25, 0.3) is 0 Å². The summed E-state index contributed by atoms with van der Waals surface area (Å²) in [5.41, 5.74) is 7.40. The first-order valence-electron chi connectivity index (χ1n) is 8.86. The Hall–Kier alpha value is -1.10. The van der Waals surface area contributed by atoms with Gasteiger partial charge in [-0.2, -0.15) is 0 Å². The van der Waals surface area contributed by atoms with Gasteiger partial charge in [-0.3, -0.25) is 4.79 Å². The van der Waals surface area contributed by atoms with Gasteiger partial charge in [-0.1, -0.05) is 30.3 Å². The molecular weight excluding hydrogens is 324 g/mol. The first-order chi connectivity index (χ1) is 11.2. The number of hydrogen-bond acceptors (Lipinski definition) is 3. The number of nitrogens with two attached hydrogens (primary N) is 1. The number of rotatable bonds is 7. The molecule has 3 N–H and O–H groups in total. The van der Waals surface area contributed by atoms with Gasteiger partial charge in [0.1, 0.15) is 0 Å². The van der Waals surface area contributed by atoms with Crippen LogP contribution < -0.4 is 11.1 Å². The first-order valence-corrected chi connectivity index (χ1v) is 8.86. The Balaban J connectivity index is 0.00000208. The number of nitrogens with one attached hydrogen (secondary N) is 1. The second-order valence-electron chi connectivity index (χ2n) is 7.00. The Kier molecular flexibility index (Phi) is 7.08. The van der Waals surface area contributed by atoms with E-state index in [1.807, 2.05) is 18.2 Å². The van der Waals surface area contributed by atoms with E-state index in [2.05, 4.69) is 24.4 Å². The summed E-state index contributed by atoms with van der Waals surface area (Å²) in [4.78, 5) is 12.3. The van der Waals surface area contributed by atoms with E-state index in [-0.39, 0.29) is 36.4 Å². The van der Waals surface area contributed by atoms with Gasteiger partial charge < -0.3 is 15.8 Å². The molecule has 24 heavy (non-hydrogen) atoms. The van der Waals surface area contributed by atoms with E-state index in [9.17, 15) is 4.79 Å². The maximum absolute atomic E-state index is 12.3. The molecule has 2 bridgehead atoms. The molecule has 1 aromatic rings. The molecule has 5 unspecified atom stereocenters. The summed E-state index contributed by atoms with van der Waals surface area (Å²) >= 11 is 0. The van der Waals surface area contributed by atoms with Crippen LogP contribution in [0, 0.1) is 17.8 Å². The highest BCUT2D eigenvalue weighted by molar-refractivity contribution is 5.85. The molecule has 0 spiro atoms. The van der Waals surface area contributed by atoms with E-state index in [1.165, 1.54) is 18.4 Å². The van der Waals surface area contributed by atoms with Crippen molar-refractivity contribution in [3.8, 4) is 0 Å². The van der Waals surface area contributed by atoms with Crippen molar-refractivity contribution in [1.82, 2.24) is 5.32 Å². The van der Waals surface area contributed by atoms with Gasteiger partial charge in [-0.05, 0) is 50.0 Å². The summed E-state index contributed by atoms with van der Waals surface area (Å²) in [6.45, 7) is 3.38. The predicted octanol–water partition coefficient (Wildman–Crippen LogP) is 3.07. The van der Waals surface area contributed by atoms with Gasteiger partial charge >= 0.3 is 0 Å². The number of halogens is 1. The number of ether oxygens (including phenoxy) is 1. The van der Waals surface area contributed by atoms with E-state index in [4.69, 9.17) is 10.5 Å². The second-order valence-corrected chi connectivity index (χ2v) is 7.00. The molecule has 1 amide bonds. The van der Waals surface area contributed by atoms with Crippen LogP contribution in [0.5, 0.6) is 0 Å². The quantitative estimate of drug-likeness (QED) is 0.741. The molecule has 2 aliphatic carbocycles. The Labute approximate surface area is 150 Å². The lowest BCUT2D eigenvalue weighted by Gasteiger charge is -2.27. The molecule has 2 fully saturated rings. The van der Waals surface area contributed by atoms with Gasteiger partial charge in [-0.25, -0.2) is 0 Å². The van der Waals surface area contributed by atoms with Crippen molar-refractivity contribution >= 4 is 18.3 Å². The smallest absolute Gasteiger partial charge is 0.224 e. The highest BCUT2D eigenvalue weighted by atomic mass is 35.5. The molecule has 0 radical (unpaired) electrons. The minimum atomic E-state index is 0. The largest absolute Gasteiger partial charge is 0.374 e. The number of hydrogen-bond donors (Lipinski definition) is 2. The Bertz CT molecular complexity index is 523. The Morgan fingerprint density at radius 2 is 2.00 bits per heavy atom. The molecule has 5 heteroatoms. The summed E-state index contributed by atoms with van der Waals surface area (Å²) in [5.74, 6) is 1.29. The average molecular weight is 353 g/mol. The molecule has 3 rings (SSSR count). The fourth-order valence-electron chi connectivity index (χ4n) is 4.21. The lowest BCUT2D eigenvalue weighted by Crippen LogP contribution is -2.45. The van der Waals surface area contributed by atoms with E-state index < -0.39 is 0 Å². The number of carbonyl (C=O) groups excluding carboxylic acids is 1. The highest BCUT2D eigenvalue weighted by Gasteiger charge is 2.48. The van der Waals surface area contributed by atoms with Crippen molar-refractivity contribution in [2.75, 3.05) is 13.2 Å². The Morgan fingerprint density at radius 3 is 2.67 bits per heavy atom. The third kappa shape index (κ3) is 4.29. The minimum absolute atomic E-state index is 0. The molecule has 2 saturated carbocycles. The fourth-order valence-corrected chi connectivity index (χ4v) is 4.21. The third-order valence-corrected chi connectivity index (χ3v) is 5.54. The number of fused-ring (bicyclic) bond motifs is 2. The summed E-state index contributed by atoms with van der Waals surface area (Å²) < 4.78 is 5.83. The standard InChI is InChI=1S/C19H28N2O2.ClH/c1-13(14-6-3-2-4-7-14)23-11-5-10-21-19(22)17-15-8-9-16(12-15)18(17)20;/h2-4,6-7,13,15-18H,5,8-12,20H2,1H3,(H,21,22);1H. The topological polar surface area (TPSA) is 64.3 Å². The highest BCUT2D eigenvalue weighted by Crippen LogP contribution is 2.47. The summed E-state index contributed by atoms with van der Waals surface area (Å²) in [6.07, 6.45) is 4.45. The maximum atomic E-state index is 12.3. The van der Waals surface area contributed by atoms with Crippen molar-refractivity contribution in [3.63, 3.8) is 0 Å². The van der Waals surface area contributed by atoms with Crippen LogP contribution in [0.2, 0.25) is 0 Å². The molecule has 0 aliphatic heterocycles. The number of carbonyl (C=O) groups is 1. The van der Waals surface area contributed by atoms with Crippen LogP contribution >= 0.6 is 12.4 Å². The van der Waals surface area contributed by atoms with Gasteiger partial charge in [-0.15, -0.1) is 12.4 Å². The molecule has 4 nitrogen and oxygen atoms in total. The second kappa shape index (κ2) is 8.84. The van der Waals surface area contributed by atoms with E-state index in [0.717, 1.165) is 12.8 Å². The molecule has 2 aliphatic rings. The third-order valence-electron chi connectivity index (χ3n) is 5.54. The monoisotopic (exact) mass is 352 g/mol. The van der Waals surface area contributed by atoms with Crippen LogP contribution in [0.1, 0.15) is 44.3 Å². The van der Waals surface area contributed by atoms with Crippen LogP contribution in [-0.4, -0.2) is 25.1 Å². The SMILES string of the molecule is CC(OCCCNC(=O)C1C2CCC(C2)C1N)c1ccccc1.Cl. The van der Waals surface area contributed by atoms with Crippen LogP contribution in [0.25, 0.3) is 0 Å². The van der Waals surface area contributed by atoms with Crippen molar-refractivity contribution in [3.05, 3.63) is 35.9 Å². The summed E-state index contributed by atoms with van der Waals surface area (Å²) in [7, 11) is 0. The fraction of sp³-hybridized carbons (Fsp3) is 0.632. The lowest BCUT2D eigenvalue weighted by molar-refractivity contribution is -0.127. The van der Waals surface area contributed by atoms with Gasteiger partial charge in [0.05, 0.1) is 12.0 Å². The van der Waals surface area contributed by atoms with Crippen molar-refractivity contribution < 1.29 is 9.53 Å². The summed E-state index contributed by atoms with van der Waals surface area (Å²) in [5, 5.41) is 3.05. The molecule has 0 saturated heterocycles. The molecule has 1 aromatic carbocycles. The minimum Gasteiger partial charge on any atom is -0.374 e. The molecule has 134 valence electrons. The predicted molar refractivity (Wildman–Crippen MR) is 98.0 cm³/mol. The van der Waals surface area contributed by atoms with Gasteiger partial charge in [0.2, 0.25) is 5.91 Å². The lowest BCUT2D eigenvalue weighted by atomic mass is 9.84. The summed E-state index contributed by atoms with van der Waals surface area (Å²) in [6, 6.07) is 10.3. The zero-order valence-electron chi connectivity index (χ0n) is 14.3. The maximum Gasteiger partial charge on any atom is 0.224 e. The van der Waals surface area contributed by atoms with Crippen molar-refractivity contribution in [1.29, 1.82) is 0 Å². The van der Waals surface area contributed by atoms with Crippen LogP contribution in [0.15, 0.2) is 30.3 Å². The van der Waals surface area contributed by atoms with Crippen LogP contribution in [0.4, 0.5) is 0 Å². The zero-order valence-corrected chi connectivity index (χ0v) is 15.1. The van der Waals surface area contributed by atoms with Crippen molar-refractivity contribution in [2.45, 2.75) is 44.8 Å². The van der Waals surface area contributed by atoms with Crippen LogP contribution in [-0.2, 0) is 9.53 Å². The molecule has 0 aromatic heterocycles. The van der Waals surface area contributed by atoms with Gasteiger partial charge in [0.15, 0.2) is 0 Å². The number of amides is 1. The van der Waals surface area contributed by atoms with Crippen LogP contribution in [0.3, 0.4) is 0 Å². The van der Waals surface area contributed by atoms with Crippen molar-refractivity contribution in [2.24, 2.45) is 23.5 Å². The first kappa shape index (κ1) is 19.2. The van der Waals surface area contributed by atoms with E-state index in [1.54, 1.807) is 0 Å². The molecule has 0 heterocycles. The zero-order chi connectivity index (χ0) is 16.2.